The number of ether oxygens (including phenoxy) is 1. The number of carbonyl (C=O) groups excluding carboxylic acids is 1. The summed E-state index contributed by atoms with van der Waals surface area (Å²) in [7, 11) is 1.76. The lowest BCUT2D eigenvalue weighted by Crippen LogP contribution is -2.27. The van der Waals surface area contributed by atoms with Crippen molar-refractivity contribution in [3.8, 4) is 11.3 Å². The second-order valence-electron chi connectivity index (χ2n) is 8.40. The van der Waals surface area contributed by atoms with Gasteiger partial charge in [0.15, 0.2) is 5.65 Å². The number of amides is 1. The van der Waals surface area contributed by atoms with Crippen LogP contribution in [0, 0.1) is 0 Å². The summed E-state index contributed by atoms with van der Waals surface area (Å²) in [6.07, 6.45) is 3.75. The summed E-state index contributed by atoms with van der Waals surface area (Å²) in [5, 5.41) is 21.3. The third-order valence-corrected chi connectivity index (χ3v) is 6.25. The summed E-state index contributed by atoms with van der Waals surface area (Å²) >= 11 is 0. The van der Waals surface area contributed by atoms with E-state index in [1.165, 1.54) is 6.20 Å². The molecule has 0 radical (unpaired) electrons. The van der Waals surface area contributed by atoms with Gasteiger partial charge in [-0.1, -0.05) is 0 Å². The molecule has 1 amide bonds. The van der Waals surface area contributed by atoms with Gasteiger partial charge in [0.25, 0.3) is 5.91 Å². The third kappa shape index (κ3) is 3.23. The summed E-state index contributed by atoms with van der Waals surface area (Å²) in [5.74, 6) is 0.232. The van der Waals surface area contributed by atoms with Gasteiger partial charge in [-0.2, -0.15) is 9.61 Å². The summed E-state index contributed by atoms with van der Waals surface area (Å²) in [5.41, 5.74) is 2.76. The van der Waals surface area contributed by atoms with E-state index in [1.54, 1.807) is 17.8 Å². The molecule has 11 heteroatoms. The number of rotatable bonds is 5. The SMILES string of the molecule is CNc1cc(-c2cn([C@@H]3COC[C@H]3O)c3ncccc23)nc2c(C(=O)N[C@@H]3C[C@@H]3F)cnn12. The van der Waals surface area contributed by atoms with Gasteiger partial charge in [0.1, 0.15) is 29.3 Å². The Morgan fingerprint density at radius 1 is 1.33 bits per heavy atom. The standard InChI is InChI=1S/C22H22FN7O3/c1-24-19-6-15(27-21-12(7-26-30(19)21)22(32)28-16-5-14(16)23)13-8-29(17-9-33-10-18(17)31)20-11(13)3-2-4-25-20/h2-4,6-8,14,16-18,24,31H,5,9-10H2,1H3,(H,28,32)/t14-,16+,17+,18+/m0/s1. The van der Waals surface area contributed by atoms with Gasteiger partial charge in [0.05, 0.1) is 37.2 Å². The summed E-state index contributed by atoms with van der Waals surface area (Å²) in [4.78, 5) is 22.0. The Labute approximate surface area is 187 Å². The number of nitrogens with one attached hydrogen (secondary N) is 2. The monoisotopic (exact) mass is 451 g/mol. The van der Waals surface area contributed by atoms with Crippen molar-refractivity contribution in [1.29, 1.82) is 0 Å². The van der Waals surface area contributed by atoms with Crippen molar-refractivity contribution in [2.24, 2.45) is 0 Å². The van der Waals surface area contributed by atoms with Crippen LogP contribution in [0.25, 0.3) is 27.9 Å². The van der Waals surface area contributed by atoms with Gasteiger partial charge in [-0.3, -0.25) is 4.79 Å². The van der Waals surface area contributed by atoms with E-state index in [1.807, 2.05) is 29.0 Å². The number of aromatic nitrogens is 5. The van der Waals surface area contributed by atoms with E-state index in [4.69, 9.17) is 9.72 Å². The molecule has 4 atom stereocenters. The largest absolute Gasteiger partial charge is 0.388 e. The minimum Gasteiger partial charge on any atom is -0.388 e. The van der Waals surface area contributed by atoms with Gasteiger partial charge in [-0.05, 0) is 12.1 Å². The van der Waals surface area contributed by atoms with Crippen molar-refractivity contribution in [3.63, 3.8) is 0 Å². The number of halogens is 1. The van der Waals surface area contributed by atoms with Crippen LogP contribution in [0.1, 0.15) is 22.8 Å². The quantitative estimate of drug-likeness (QED) is 0.421. The van der Waals surface area contributed by atoms with Gasteiger partial charge in [-0.15, -0.1) is 0 Å². The molecular weight excluding hydrogens is 429 g/mol. The second-order valence-corrected chi connectivity index (χ2v) is 8.40. The molecule has 1 aliphatic heterocycles. The number of hydrogen-bond donors (Lipinski definition) is 3. The number of aliphatic hydroxyl groups excluding tert-OH is 1. The average Bonchev–Trinajstić information content (AvgIpc) is 3.21. The zero-order chi connectivity index (χ0) is 22.7. The minimum absolute atomic E-state index is 0.257. The highest BCUT2D eigenvalue weighted by Crippen LogP contribution is 2.34. The van der Waals surface area contributed by atoms with Gasteiger partial charge in [-0.25, -0.2) is 14.4 Å². The first kappa shape index (κ1) is 20.1. The maximum atomic E-state index is 13.3. The first-order valence-electron chi connectivity index (χ1n) is 10.8. The Bertz CT molecular complexity index is 1380. The highest BCUT2D eigenvalue weighted by atomic mass is 19.1. The molecule has 4 aromatic rings. The summed E-state index contributed by atoms with van der Waals surface area (Å²) in [6.45, 7) is 0.661. The molecule has 0 aromatic carbocycles. The van der Waals surface area contributed by atoms with Crippen LogP contribution in [0.4, 0.5) is 10.2 Å². The molecule has 1 saturated carbocycles. The van der Waals surface area contributed by atoms with E-state index >= 15 is 0 Å². The lowest BCUT2D eigenvalue weighted by molar-refractivity contribution is 0.0949. The van der Waals surface area contributed by atoms with Crippen molar-refractivity contribution in [2.75, 3.05) is 25.6 Å². The van der Waals surface area contributed by atoms with Crippen molar-refractivity contribution in [2.45, 2.75) is 30.8 Å². The highest BCUT2D eigenvalue weighted by molar-refractivity contribution is 6.01. The zero-order valence-corrected chi connectivity index (χ0v) is 17.8. The lowest BCUT2D eigenvalue weighted by Gasteiger charge is -2.15. The van der Waals surface area contributed by atoms with Crippen LogP contribution in [0.5, 0.6) is 0 Å². The molecule has 0 bridgehead atoms. The van der Waals surface area contributed by atoms with Crippen LogP contribution >= 0.6 is 0 Å². The normalized spacial score (nSPS) is 24.5. The van der Waals surface area contributed by atoms with E-state index in [-0.39, 0.29) is 18.2 Å². The topological polar surface area (TPSA) is 119 Å². The van der Waals surface area contributed by atoms with E-state index < -0.39 is 24.2 Å². The number of aliphatic hydroxyl groups is 1. The Hall–Kier alpha value is -3.57. The third-order valence-electron chi connectivity index (χ3n) is 6.25. The number of anilines is 1. The molecule has 1 saturated heterocycles. The van der Waals surface area contributed by atoms with Crippen LogP contribution in [-0.4, -0.2) is 73.7 Å². The molecule has 2 aliphatic rings. The highest BCUT2D eigenvalue weighted by Gasteiger charge is 2.39. The fraction of sp³-hybridized carbons (Fsp3) is 0.364. The molecule has 2 fully saturated rings. The molecular formula is C22H22FN7O3. The van der Waals surface area contributed by atoms with Crippen molar-refractivity contribution in [3.05, 3.63) is 42.4 Å². The Morgan fingerprint density at radius 3 is 2.91 bits per heavy atom. The van der Waals surface area contributed by atoms with Crippen LogP contribution in [0.2, 0.25) is 0 Å². The van der Waals surface area contributed by atoms with Crippen LogP contribution < -0.4 is 10.6 Å². The van der Waals surface area contributed by atoms with Crippen molar-refractivity contribution >= 4 is 28.4 Å². The van der Waals surface area contributed by atoms with E-state index in [2.05, 4.69) is 20.7 Å². The fourth-order valence-electron chi connectivity index (χ4n) is 4.34. The molecule has 1 aliphatic carbocycles. The molecule has 5 heterocycles. The molecule has 10 nitrogen and oxygen atoms in total. The Balaban J connectivity index is 1.50. The molecule has 0 unspecified atom stereocenters. The molecule has 4 aromatic heterocycles. The fourth-order valence-corrected chi connectivity index (χ4v) is 4.34. The maximum Gasteiger partial charge on any atom is 0.257 e. The molecule has 3 N–H and O–H groups in total. The average molecular weight is 451 g/mol. The van der Waals surface area contributed by atoms with Crippen molar-refractivity contribution < 1.29 is 19.0 Å². The molecule has 6 rings (SSSR count). The van der Waals surface area contributed by atoms with Crippen LogP contribution in [0.15, 0.2) is 36.8 Å². The van der Waals surface area contributed by atoms with Gasteiger partial charge < -0.3 is 25.0 Å². The summed E-state index contributed by atoms with van der Waals surface area (Å²) in [6, 6.07) is 4.92. The van der Waals surface area contributed by atoms with Gasteiger partial charge in [0, 0.05) is 42.9 Å². The van der Waals surface area contributed by atoms with E-state index in [9.17, 15) is 14.3 Å². The van der Waals surface area contributed by atoms with Crippen molar-refractivity contribution in [1.82, 2.24) is 29.5 Å². The van der Waals surface area contributed by atoms with Crippen LogP contribution in [0.3, 0.4) is 0 Å². The first-order valence-corrected chi connectivity index (χ1v) is 10.8. The second kappa shape index (κ2) is 7.49. The van der Waals surface area contributed by atoms with E-state index in [0.717, 1.165) is 10.9 Å². The predicted octanol–water partition coefficient (Wildman–Crippen LogP) is 1.56. The Morgan fingerprint density at radius 2 is 2.18 bits per heavy atom. The lowest BCUT2D eigenvalue weighted by atomic mass is 10.1. The van der Waals surface area contributed by atoms with E-state index in [0.29, 0.717) is 35.8 Å². The van der Waals surface area contributed by atoms with Gasteiger partial charge >= 0.3 is 0 Å². The molecule has 0 spiro atoms. The number of hydrogen-bond acceptors (Lipinski definition) is 7. The maximum absolute atomic E-state index is 13.3. The number of pyridine rings is 1. The number of carbonyl (C=O) groups is 1. The zero-order valence-electron chi connectivity index (χ0n) is 17.8. The van der Waals surface area contributed by atoms with Gasteiger partial charge in [0.2, 0.25) is 0 Å². The smallest absolute Gasteiger partial charge is 0.257 e. The Kier molecular flexibility index (Phi) is 4.56. The number of nitrogens with zero attached hydrogens (tertiary/aromatic N) is 5. The molecule has 33 heavy (non-hydrogen) atoms. The molecule has 170 valence electrons. The number of fused-ring (bicyclic) bond motifs is 2. The summed E-state index contributed by atoms with van der Waals surface area (Å²) < 4.78 is 22.2. The number of alkyl halides is 1. The minimum atomic E-state index is -0.999. The van der Waals surface area contributed by atoms with Crippen LogP contribution in [-0.2, 0) is 4.74 Å². The first-order chi connectivity index (χ1) is 16.0. The predicted molar refractivity (Wildman–Crippen MR) is 118 cm³/mol.